The molecule has 0 amide bonds. The van der Waals surface area contributed by atoms with E-state index in [1.165, 1.54) is 0 Å². The van der Waals surface area contributed by atoms with Crippen LogP contribution in [-0.2, 0) is 20.0 Å². The maximum atomic E-state index is 9.19. The van der Waals surface area contributed by atoms with Gasteiger partial charge in [-0.25, -0.2) is 0 Å². The minimum atomic E-state index is 0.0161. The molecule has 0 bridgehead atoms. The van der Waals surface area contributed by atoms with Crippen molar-refractivity contribution in [3.05, 3.63) is 16.4 Å². The van der Waals surface area contributed by atoms with Crippen LogP contribution in [0.4, 0.5) is 0 Å². The van der Waals surface area contributed by atoms with Gasteiger partial charge in [0, 0.05) is 25.8 Å². The van der Waals surface area contributed by atoms with E-state index >= 15 is 0 Å². The highest BCUT2D eigenvalue weighted by Gasteiger charge is 2.16. The van der Waals surface area contributed by atoms with Crippen molar-refractivity contribution in [2.45, 2.75) is 46.6 Å². The van der Waals surface area contributed by atoms with Crippen LogP contribution in [0.15, 0.2) is 0 Å². The summed E-state index contributed by atoms with van der Waals surface area (Å²) in [6.07, 6.45) is 2.96. The summed E-state index contributed by atoms with van der Waals surface area (Å²) in [5.41, 5.74) is 2.19. The first kappa shape index (κ1) is 16.5. The lowest BCUT2D eigenvalue weighted by molar-refractivity contribution is 0.148. The quantitative estimate of drug-likeness (QED) is 0.723. The lowest BCUT2D eigenvalue weighted by Gasteiger charge is -2.21. The SMILES string of the molecule is CCc1nn(C)c(Cl)c1CNCCCC(C)(C)CO. The van der Waals surface area contributed by atoms with Crippen LogP contribution in [0, 0.1) is 5.41 Å². The van der Waals surface area contributed by atoms with Crippen LogP contribution in [0.1, 0.15) is 44.9 Å². The average Bonchev–Trinajstić information content (AvgIpc) is 2.65. The minimum Gasteiger partial charge on any atom is -0.396 e. The fourth-order valence-electron chi connectivity index (χ4n) is 2.04. The topological polar surface area (TPSA) is 50.1 Å². The Morgan fingerprint density at radius 1 is 1.42 bits per heavy atom. The van der Waals surface area contributed by atoms with Gasteiger partial charge in [0.15, 0.2) is 0 Å². The second-order valence-electron chi connectivity index (χ2n) is 5.80. The molecule has 0 saturated heterocycles. The van der Waals surface area contributed by atoms with Crippen LogP contribution < -0.4 is 5.32 Å². The number of aliphatic hydroxyl groups is 1. The third-order valence-corrected chi connectivity index (χ3v) is 3.90. The van der Waals surface area contributed by atoms with E-state index in [1.54, 1.807) is 4.68 Å². The third-order valence-electron chi connectivity index (χ3n) is 3.42. The number of aliphatic hydroxyl groups excluding tert-OH is 1. The van der Waals surface area contributed by atoms with Crippen molar-refractivity contribution in [2.24, 2.45) is 12.5 Å². The van der Waals surface area contributed by atoms with Gasteiger partial charge in [0.1, 0.15) is 5.15 Å². The summed E-state index contributed by atoms with van der Waals surface area (Å²) in [5.74, 6) is 0. The van der Waals surface area contributed by atoms with Crippen LogP contribution in [0.3, 0.4) is 0 Å². The number of aromatic nitrogens is 2. The van der Waals surface area contributed by atoms with Gasteiger partial charge in [-0.05, 0) is 31.2 Å². The normalized spacial score (nSPS) is 12.1. The van der Waals surface area contributed by atoms with Gasteiger partial charge in [0.05, 0.1) is 5.69 Å². The van der Waals surface area contributed by atoms with E-state index in [-0.39, 0.29) is 12.0 Å². The highest BCUT2D eigenvalue weighted by molar-refractivity contribution is 6.30. The van der Waals surface area contributed by atoms with Gasteiger partial charge in [-0.2, -0.15) is 5.10 Å². The molecule has 1 aromatic heterocycles. The summed E-state index contributed by atoms with van der Waals surface area (Å²) in [7, 11) is 1.87. The average molecular weight is 288 g/mol. The van der Waals surface area contributed by atoms with E-state index < -0.39 is 0 Å². The molecule has 0 aliphatic heterocycles. The van der Waals surface area contributed by atoms with Gasteiger partial charge >= 0.3 is 0 Å². The predicted molar refractivity (Wildman–Crippen MR) is 79.4 cm³/mol. The molecule has 5 heteroatoms. The fraction of sp³-hybridized carbons (Fsp3) is 0.786. The molecule has 0 spiro atoms. The molecule has 110 valence electrons. The summed E-state index contributed by atoms with van der Waals surface area (Å²) in [5, 5.41) is 17.7. The zero-order valence-corrected chi connectivity index (χ0v) is 13.2. The first-order valence-corrected chi connectivity index (χ1v) is 7.31. The Balaban J connectivity index is 2.38. The summed E-state index contributed by atoms with van der Waals surface area (Å²) >= 11 is 6.23. The van der Waals surface area contributed by atoms with Crippen LogP contribution in [-0.4, -0.2) is 28.0 Å². The predicted octanol–water partition coefficient (Wildman–Crippen LogP) is 2.52. The molecule has 2 N–H and O–H groups in total. The Kier molecular flexibility index (Phi) is 6.30. The van der Waals surface area contributed by atoms with Gasteiger partial charge in [0.25, 0.3) is 0 Å². The van der Waals surface area contributed by atoms with Gasteiger partial charge < -0.3 is 10.4 Å². The first-order chi connectivity index (χ1) is 8.91. The minimum absolute atomic E-state index is 0.0161. The van der Waals surface area contributed by atoms with Gasteiger partial charge in [0.2, 0.25) is 0 Å². The highest BCUT2D eigenvalue weighted by atomic mass is 35.5. The van der Waals surface area contributed by atoms with E-state index in [0.717, 1.165) is 48.8 Å². The van der Waals surface area contributed by atoms with Crippen molar-refractivity contribution in [2.75, 3.05) is 13.2 Å². The van der Waals surface area contributed by atoms with Gasteiger partial charge in [-0.15, -0.1) is 0 Å². The number of hydrogen-bond acceptors (Lipinski definition) is 3. The van der Waals surface area contributed by atoms with E-state index in [4.69, 9.17) is 11.6 Å². The van der Waals surface area contributed by atoms with E-state index in [9.17, 15) is 5.11 Å². The lowest BCUT2D eigenvalue weighted by atomic mass is 9.89. The third kappa shape index (κ3) is 4.79. The Labute approximate surface area is 121 Å². The molecule has 1 heterocycles. The van der Waals surface area contributed by atoms with Crippen molar-refractivity contribution in [1.29, 1.82) is 0 Å². The highest BCUT2D eigenvalue weighted by Crippen LogP contribution is 2.21. The number of rotatable bonds is 8. The van der Waals surface area contributed by atoms with Crippen molar-refractivity contribution >= 4 is 11.6 Å². The van der Waals surface area contributed by atoms with Gasteiger partial charge in [-0.1, -0.05) is 32.4 Å². The standard InChI is InChI=1S/C14H26ClN3O/c1-5-12-11(13(15)18(4)17-12)9-16-8-6-7-14(2,3)10-19/h16,19H,5-10H2,1-4H3. The molecule has 1 aromatic rings. The largest absolute Gasteiger partial charge is 0.396 e. The second kappa shape index (κ2) is 7.27. The lowest BCUT2D eigenvalue weighted by Crippen LogP contribution is -2.21. The van der Waals surface area contributed by atoms with Crippen molar-refractivity contribution < 1.29 is 5.11 Å². The molecule has 0 atom stereocenters. The maximum absolute atomic E-state index is 9.19. The van der Waals surface area contributed by atoms with Crippen LogP contribution in [0.2, 0.25) is 5.15 Å². The molecule has 0 aromatic carbocycles. The number of nitrogens with one attached hydrogen (secondary N) is 1. The maximum Gasteiger partial charge on any atom is 0.131 e. The second-order valence-corrected chi connectivity index (χ2v) is 6.15. The first-order valence-electron chi connectivity index (χ1n) is 6.93. The molecule has 0 aliphatic rings. The molecule has 0 fully saturated rings. The summed E-state index contributed by atoms with van der Waals surface area (Å²) < 4.78 is 1.73. The Hall–Kier alpha value is -0.580. The fourth-order valence-corrected chi connectivity index (χ4v) is 2.26. The van der Waals surface area contributed by atoms with Gasteiger partial charge in [-0.3, -0.25) is 4.68 Å². The van der Waals surface area contributed by atoms with Crippen molar-refractivity contribution in [3.8, 4) is 0 Å². The number of halogens is 1. The molecule has 4 nitrogen and oxygen atoms in total. The zero-order valence-electron chi connectivity index (χ0n) is 12.5. The number of nitrogens with zero attached hydrogens (tertiary/aromatic N) is 2. The molecule has 0 unspecified atom stereocenters. The number of hydrogen-bond donors (Lipinski definition) is 2. The zero-order chi connectivity index (χ0) is 14.5. The van der Waals surface area contributed by atoms with Crippen molar-refractivity contribution in [3.63, 3.8) is 0 Å². The Morgan fingerprint density at radius 3 is 2.68 bits per heavy atom. The molecule has 0 aliphatic carbocycles. The summed E-state index contributed by atoms with van der Waals surface area (Å²) in [6.45, 7) is 8.18. The Morgan fingerprint density at radius 2 is 2.11 bits per heavy atom. The molecular weight excluding hydrogens is 262 g/mol. The molecule has 0 radical (unpaired) electrons. The van der Waals surface area contributed by atoms with E-state index in [1.807, 2.05) is 7.05 Å². The van der Waals surface area contributed by atoms with Crippen LogP contribution in [0.5, 0.6) is 0 Å². The van der Waals surface area contributed by atoms with Crippen LogP contribution >= 0.6 is 11.6 Å². The van der Waals surface area contributed by atoms with E-state index in [0.29, 0.717) is 0 Å². The number of aryl methyl sites for hydroxylation is 2. The summed E-state index contributed by atoms with van der Waals surface area (Å²) in [6, 6.07) is 0. The molecular formula is C14H26ClN3O. The van der Waals surface area contributed by atoms with E-state index in [2.05, 4.69) is 31.2 Å². The Bertz CT molecular complexity index is 402. The van der Waals surface area contributed by atoms with Crippen molar-refractivity contribution in [1.82, 2.24) is 15.1 Å². The smallest absolute Gasteiger partial charge is 0.131 e. The molecule has 0 saturated carbocycles. The molecule has 1 rings (SSSR count). The monoisotopic (exact) mass is 287 g/mol. The summed E-state index contributed by atoms with van der Waals surface area (Å²) in [4.78, 5) is 0. The molecule has 19 heavy (non-hydrogen) atoms. The van der Waals surface area contributed by atoms with Crippen LogP contribution in [0.25, 0.3) is 0 Å².